The number of halogens is 3. The topological polar surface area (TPSA) is 76.0 Å². The van der Waals surface area contributed by atoms with Crippen molar-refractivity contribution in [2.45, 2.75) is 12.2 Å². The van der Waals surface area contributed by atoms with E-state index < -0.39 is 29.2 Å². The normalized spacial score (nSPS) is 12.4. The maximum Gasteiger partial charge on any atom is 0.418 e. The summed E-state index contributed by atoms with van der Waals surface area (Å²) in [5.74, 6) is -2.22. The maximum absolute atomic E-state index is 13.0. The van der Waals surface area contributed by atoms with E-state index in [0.717, 1.165) is 17.7 Å². The number of para-hydroxylation sites is 1. The molecule has 0 fully saturated rings. The third-order valence-electron chi connectivity index (χ3n) is 3.92. The lowest BCUT2D eigenvalue weighted by molar-refractivity contribution is -0.138. The van der Waals surface area contributed by atoms with Gasteiger partial charge in [0.05, 0.1) is 17.3 Å². The van der Waals surface area contributed by atoms with Gasteiger partial charge in [0.25, 0.3) is 0 Å². The average Bonchev–Trinajstić information content (AvgIpc) is 3.36. The highest BCUT2D eigenvalue weighted by molar-refractivity contribution is 7.08. The van der Waals surface area contributed by atoms with Crippen molar-refractivity contribution < 1.29 is 22.8 Å². The first kappa shape index (κ1) is 19.6. The number of alkyl halides is 3. The zero-order valence-electron chi connectivity index (χ0n) is 14.3. The Balaban J connectivity index is 1.67. The van der Waals surface area contributed by atoms with Crippen LogP contribution in [0, 0.1) is 0 Å². The maximum atomic E-state index is 13.0. The van der Waals surface area contributed by atoms with Gasteiger partial charge in [-0.05, 0) is 40.6 Å². The minimum absolute atomic E-state index is 0.0472. The molecule has 146 valence electrons. The molecule has 0 spiro atoms. The van der Waals surface area contributed by atoms with Crippen LogP contribution in [0.2, 0.25) is 0 Å². The molecule has 28 heavy (non-hydrogen) atoms. The van der Waals surface area contributed by atoms with Crippen molar-refractivity contribution >= 4 is 28.8 Å². The number of hydrogen-bond acceptors (Lipinski definition) is 4. The monoisotopic (exact) mass is 408 g/mol. The Morgan fingerprint density at radius 3 is 2.57 bits per heavy atom. The van der Waals surface area contributed by atoms with E-state index in [9.17, 15) is 22.8 Å². The number of benzene rings is 1. The predicted octanol–water partition coefficient (Wildman–Crippen LogP) is 3.31. The van der Waals surface area contributed by atoms with Gasteiger partial charge in [0.15, 0.2) is 0 Å². The second-order valence-electron chi connectivity index (χ2n) is 5.77. The highest BCUT2D eigenvalue weighted by Crippen LogP contribution is 2.34. The van der Waals surface area contributed by atoms with Crippen molar-refractivity contribution in [2.24, 2.45) is 0 Å². The van der Waals surface area contributed by atoms with Crippen LogP contribution in [0.4, 0.5) is 18.9 Å². The fraction of sp³-hybridized carbons (Fsp3) is 0.167. The quantitative estimate of drug-likeness (QED) is 0.636. The Morgan fingerprint density at radius 1 is 1.14 bits per heavy atom. The number of anilines is 1. The molecule has 0 aliphatic rings. The van der Waals surface area contributed by atoms with Crippen LogP contribution in [0.15, 0.2) is 59.6 Å². The summed E-state index contributed by atoms with van der Waals surface area (Å²) in [5.41, 5.74) is -0.614. The smallest absolute Gasteiger partial charge is 0.345 e. The van der Waals surface area contributed by atoms with Crippen LogP contribution in [0.1, 0.15) is 17.2 Å². The van der Waals surface area contributed by atoms with Crippen LogP contribution >= 0.6 is 11.3 Å². The van der Waals surface area contributed by atoms with Crippen LogP contribution in [-0.2, 0) is 15.8 Å². The molecule has 0 radical (unpaired) electrons. The molecule has 0 unspecified atom stereocenters. The number of carbonyl (C=O) groups is 2. The lowest BCUT2D eigenvalue weighted by atomic mass is 10.1. The Morgan fingerprint density at radius 2 is 1.93 bits per heavy atom. The highest BCUT2D eigenvalue weighted by Gasteiger charge is 2.34. The van der Waals surface area contributed by atoms with E-state index in [1.54, 1.807) is 23.1 Å². The van der Waals surface area contributed by atoms with Crippen LogP contribution in [0.25, 0.3) is 0 Å². The second-order valence-corrected chi connectivity index (χ2v) is 6.55. The number of thiophene rings is 1. The molecule has 3 aromatic rings. The van der Waals surface area contributed by atoms with Gasteiger partial charge in [-0.2, -0.15) is 29.6 Å². The summed E-state index contributed by atoms with van der Waals surface area (Å²) in [7, 11) is 0. The zero-order valence-corrected chi connectivity index (χ0v) is 15.1. The van der Waals surface area contributed by atoms with E-state index in [2.05, 4.69) is 10.4 Å². The van der Waals surface area contributed by atoms with Gasteiger partial charge >= 0.3 is 18.0 Å². The van der Waals surface area contributed by atoms with Gasteiger partial charge in [-0.1, -0.05) is 12.1 Å². The van der Waals surface area contributed by atoms with Crippen LogP contribution < -0.4 is 10.6 Å². The van der Waals surface area contributed by atoms with Crippen LogP contribution in [0.5, 0.6) is 0 Å². The van der Waals surface area contributed by atoms with Crippen molar-refractivity contribution in [3.63, 3.8) is 0 Å². The minimum Gasteiger partial charge on any atom is -0.345 e. The van der Waals surface area contributed by atoms with E-state index in [4.69, 9.17) is 0 Å². The summed E-state index contributed by atoms with van der Waals surface area (Å²) >= 11 is 1.47. The Kier molecular flexibility index (Phi) is 5.78. The van der Waals surface area contributed by atoms with E-state index in [0.29, 0.717) is 0 Å². The summed E-state index contributed by atoms with van der Waals surface area (Å²) in [6.45, 7) is 0.0472. The van der Waals surface area contributed by atoms with Crippen molar-refractivity contribution in [2.75, 3.05) is 11.9 Å². The third-order valence-corrected chi connectivity index (χ3v) is 4.62. The Bertz CT molecular complexity index is 906. The third kappa shape index (κ3) is 4.58. The van der Waals surface area contributed by atoms with Gasteiger partial charge in [-0.15, -0.1) is 0 Å². The summed E-state index contributed by atoms with van der Waals surface area (Å²) in [6, 6.07) is 7.70. The molecule has 0 saturated carbocycles. The molecule has 1 aromatic carbocycles. The number of carbonyl (C=O) groups excluding carboxylic acids is 2. The van der Waals surface area contributed by atoms with E-state index >= 15 is 0 Å². The van der Waals surface area contributed by atoms with Crippen LogP contribution in [-0.4, -0.2) is 28.1 Å². The standard InChI is InChI=1S/C18H15F3N4O2S/c19-18(20,21)13-4-1-2-5-14(13)24-17(27)16(26)22-10-15(12-6-9-28-11-12)25-8-3-7-23-25/h1-9,11,15H,10H2,(H,22,26)(H,24,27)/t15-/m1/s1. The van der Waals surface area contributed by atoms with Crippen LogP contribution in [0.3, 0.4) is 0 Å². The fourth-order valence-electron chi connectivity index (χ4n) is 2.58. The van der Waals surface area contributed by atoms with E-state index in [-0.39, 0.29) is 12.6 Å². The van der Waals surface area contributed by atoms with Gasteiger partial charge in [0, 0.05) is 18.9 Å². The molecule has 6 nitrogen and oxygen atoms in total. The number of nitrogens with zero attached hydrogens (tertiary/aromatic N) is 2. The second kappa shape index (κ2) is 8.26. The average molecular weight is 408 g/mol. The highest BCUT2D eigenvalue weighted by atomic mass is 32.1. The first-order valence-corrected chi connectivity index (χ1v) is 9.07. The Hall–Kier alpha value is -3.14. The van der Waals surface area contributed by atoms with E-state index in [1.807, 2.05) is 22.1 Å². The van der Waals surface area contributed by atoms with E-state index in [1.165, 1.54) is 23.5 Å². The largest absolute Gasteiger partial charge is 0.418 e. The summed E-state index contributed by atoms with van der Waals surface area (Å²) in [5, 5.41) is 12.4. The molecule has 2 aromatic heterocycles. The first-order valence-electron chi connectivity index (χ1n) is 8.13. The fourth-order valence-corrected chi connectivity index (χ4v) is 3.29. The van der Waals surface area contributed by atoms with Crippen molar-refractivity contribution in [1.29, 1.82) is 0 Å². The summed E-state index contributed by atoms with van der Waals surface area (Å²) in [6.07, 6.45) is -1.35. The minimum atomic E-state index is -4.65. The molecule has 2 amide bonds. The molecule has 0 aliphatic heterocycles. The van der Waals surface area contributed by atoms with Gasteiger partial charge in [0.1, 0.15) is 0 Å². The van der Waals surface area contributed by atoms with Gasteiger partial charge in [0.2, 0.25) is 0 Å². The van der Waals surface area contributed by atoms with Gasteiger partial charge in [-0.25, -0.2) is 0 Å². The number of aromatic nitrogens is 2. The predicted molar refractivity (Wildman–Crippen MR) is 97.8 cm³/mol. The summed E-state index contributed by atoms with van der Waals surface area (Å²) < 4.78 is 40.6. The number of amides is 2. The van der Waals surface area contributed by atoms with Gasteiger partial charge < -0.3 is 10.6 Å². The molecule has 2 heterocycles. The molecular weight excluding hydrogens is 393 g/mol. The van der Waals surface area contributed by atoms with Crippen molar-refractivity contribution in [3.8, 4) is 0 Å². The first-order chi connectivity index (χ1) is 13.4. The van der Waals surface area contributed by atoms with Crippen molar-refractivity contribution in [1.82, 2.24) is 15.1 Å². The SMILES string of the molecule is O=C(NC[C@H](c1ccsc1)n1cccn1)C(=O)Nc1ccccc1C(F)(F)F. The molecule has 0 saturated heterocycles. The van der Waals surface area contributed by atoms with Gasteiger partial charge in [-0.3, -0.25) is 14.3 Å². The molecule has 0 bridgehead atoms. The van der Waals surface area contributed by atoms with Crippen molar-refractivity contribution in [3.05, 3.63) is 70.7 Å². The molecule has 2 N–H and O–H groups in total. The lowest BCUT2D eigenvalue weighted by Gasteiger charge is -2.18. The number of rotatable bonds is 5. The number of hydrogen-bond donors (Lipinski definition) is 2. The lowest BCUT2D eigenvalue weighted by Crippen LogP contribution is -2.39. The molecule has 3 rings (SSSR count). The molecule has 0 aliphatic carbocycles. The zero-order chi connectivity index (χ0) is 20.1. The Labute approximate surface area is 162 Å². The molecule has 1 atom stereocenters. The molecular formula is C18H15F3N4O2S. The molecule has 10 heteroatoms. The number of nitrogens with one attached hydrogen (secondary N) is 2. The summed E-state index contributed by atoms with van der Waals surface area (Å²) in [4.78, 5) is 24.2.